The van der Waals surface area contributed by atoms with Gasteiger partial charge in [-0.1, -0.05) is 11.6 Å². The molecule has 3 saturated heterocycles. The molecule has 194 valence electrons. The third kappa shape index (κ3) is 4.27. The van der Waals surface area contributed by atoms with Gasteiger partial charge in [-0.25, -0.2) is 4.98 Å². The Morgan fingerprint density at radius 3 is 2.67 bits per heavy atom. The molecule has 36 heavy (non-hydrogen) atoms. The summed E-state index contributed by atoms with van der Waals surface area (Å²) in [7, 11) is 1.77. The Hall–Kier alpha value is -1.97. The van der Waals surface area contributed by atoms with E-state index in [2.05, 4.69) is 33.1 Å². The molecule has 1 aliphatic carbocycles. The number of rotatable bonds is 5. The number of halogens is 1. The van der Waals surface area contributed by atoms with E-state index in [0.717, 1.165) is 80.1 Å². The van der Waals surface area contributed by atoms with Gasteiger partial charge in [0.25, 0.3) is 0 Å². The summed E-state index contributed by atoms with van der Waals surface area (Å²) >= 11 is 6.73. The van der Waals surface area contributed by atoms with Crippen molar-refractivity contribution in [3.63, 3.8) is 0 Å². The molecule has 2 aromatic rings. The number of carbonyl (C=O) groups excluding carboxylic acids is 1. The molecule has 1 aromatic heterocycles. The maximum atomic E-state index is 12.9. The molecule has 0 radical (unpaired) electrons. The average Bonchev–Trinajstić information content (AvgIpc) is 3.44. The molecule has 3 atom stereocenters. The molecular weight excluding hydrogens is 480 g/mol. The second-order valence-corrected chi connectivity index (χ2v) is 11.4. The van der Waals surface area contributed by atoms with Gasteiger partial charge in [-0.15, -0.1) is 0 Å². The Morgan fingerprint density at radius 2 is 1.92 bits per heavy atom. The number of piperazine rings is 1. The number of benzene rings is 1. The zero-order chi connectivity index (χ0) is 24.9. The van der Waals surface area contributed by atoms with E-state index in [9.17, 15) is 4.79 Å². The molecule has 1 unspecified atom stereocenters. The van der Waals surface area contributed by atoms with Crippen molar-refractivity contribution in [3.05, 3.63) is 29.4 Å². The summed E-state index contributed by atoms with van der Waals surface area (Å²) < 4.78 is 16.9. The van der Waals surface area contributed by atoms with Gasteiger partial charge in [0.15, 0.2) is 0 Å². The molecule has 1 amide bonds. The zero-order valence-electron chi connectivity index (χ0n) is 21.1. The number of amides is 1. The molecule has 1 saturated carbocycles. The second kappa shape index (κ2) is 9.40. The van der Waals surface area contributed by atoms with Crippen molar-refractivity contribution in [2.75, 3.05) is 69.9 Å². The van der Waals surface area contributed by atoms with Crippen LogP contribution in [-0.2, 0) is 19.0 Å². The van der Waals surface area contributed by atoms with Crippen LogP contribution in [0.15, 0.2) is 24.4 Å². The fourth-order valence-electron chi connectivity index (χ4n) is 6.45. The highest BCUT2D eigenvalue weighted by atomic mass is 35.5. The lowest BCUT2D eigenvalue weighted by Gasteiger charge is -2.46. The van der Waals surface area contributed by atoms with Crippen LogP contribution in [0.3, 0.4) is 0 Å². The van der Waals surface area contributed by atoms with Crippen LogP contribution < -0.4 is 10.2 Å². The van der Waals surface area contributed by atoms with Crippen molar-refractivity contribution in [3.8, 4) is 0 Å². The van der Waals surface area contributed by atoms with E-state index < -0.39 is 0 Å². The number of hydrogen-bond acceptors (Lipinski definition) is 7. The SMILES string of the molecule is CO[C@@H]1COC[C@]1(C)N1CCN(c2cc3cc(NC(=O)C4CC45CCOCC5)ncc3cc2Cl)CC1. The summed E-state index contributed by atoms with van der Waals surface area (Å²) in [5.74, 6) is 0.744. The molecule has 6 rings (SSSR count). The number of pyridine rings is 1. The van der Waals surface area contributed by atoms with Gasteiger partial charge in [0.05, 0.1) is 29.5 Å². The zero-order valence-corrected chi connectivity index (χ0v) is 21.9. The second-order valence-electron chi connectivity index (χ2n) is 11.0. The first-order valence-corrected chi connectivity index (χ1v) is 13.4. The number of ether oxygens (including phenoxy) is 3. The third-order valence-corrected chi connectivity index (χ3v) is 9.32. The molecule has 1 spiro atoms. The lowest BCUT2D eigenvalue weighted by Crippen LogP contribution is -2.61. The number of anilines is 2. The van der Waals surface area contributed by atoms with E-state index in [1.165, 1.54) is 0 Å². The number of methoxy groups -OCH3 is 1. The molecule has 3 aliphatic heterocycles. The summed E-state index contributed by atoms with van der Waals surface area (Å²) in [6.45, 7) is 8.68. The van der Waals surface area contributed by atoms with Gasteiger partial charge in [0.2, 0.25) is 5.91 Å². The van der Waals surface area contributed by atoms with Gasteiger partial charge in [-0.05, 0) is 55.2 Å². The van der Waals surface area contributed by atoms with Crippen LogP contribution in [0.4, 0.5) is 11.5 Å². The van der Waals surface area contributed by atoms with Gasteiger partial charge in [-0.2, -0.15) is 0 Å². The largest absolute Gasteiger partial charge is 0.381 e. The fraction of sp³-hybridized carbons (Fsp3) is 0.630. The smallest absolute Gasteiger partial charge is 0.229 e. The molecule has 4 fully saturated rings. The predicted molar refractivity (Wildman–Crippen MR) is 140 cm³/mol. The average molecular weight is 515 g/mol. The van der Waals surface area contributed by atoms with Gasteiger partial charge in [0.1, 0.15) is 11.9 Å². The molecule has 4 heterocycles. The summed E-state index contributed by atoms with van der Waals surface area (Å²) in [6.07, 6.45) is 4.79. The van der Waals surface area contributed by atoms with Gasteiger partial charge < -0.3 is 24.4 Å². The van der Waals surface area contributed by atoms with E-state index >= 15 is 0 Å². The van der Waals surface area contributed by atoms with Gasteiger partial charge in [-0.3, -0.25) is 9.69 Å². The van der Waals surface area contributed by atoms with E-state index in [1.807, 2.05) is 12.1 Å². The minimum atomic E-state index is -0.0996. The van der Waals surface area contributed by atoms with Gasteiger partial charge >= 0.3 is 0 Å². The molecule has 8 nitrogen and oxygen atoms in total. The van der Waals surface area contributed by atoms with E-state index in [4.69, 9.17) is 25.8 Å². The van der Waals surface area contributed by atoms with E-state index in [0.29, 0.717) is 19.0 Å². The first-order valence-electron chi connectivity index (χ1n) is 13.0. The molecule has 4 aliphatic rings. The monoisotopic (exact) mass is 514 g/mol. The predicted octanol–water partition coefficient (Wildman–Crippen LogP) is 3.57. The summed E-state index contributed by atoms with van der Waals surface area (Å²) in [5.41, 5.74) is 1.07. The molecule has 0 bridgehead atoms. The number of nitrogens with zero attached hydrogens (tertiary/aromatic N) is 3. The van der Waals surface area contributed by atoms with E-state index in [-0.39, 0.29) is 28.9 Å². The maximum Gasteiger partial charge on any atom is 0.229 e. The number of nitrogens with one attached hydrogen (secondary N) is 1. The van der Waals surface area contributed by atoms with Crippen molar-refractivity contribution >= 4 is 39.8 Å². The number of fused-ring (bicyclic) bond motifs is 1. The van der Waals surface area contributed by atoms with Crippen LogP contribution in [-0.4, -0.2) is 87.2 Å². The van der Waals surface area contributed by atoms with Crippen LogP contribution in [0.5, 0.6) is 0 Å². The standard InChI is InChI=1S/C27H35ClN4O4/c1-26(17-36-16-23(26)34-2)32-7-5-31(6-8-32)22-12-18-13-24(29-15-19(18)11-21(22)28)30-25(33)20-14-27(20)3-9-35-10-4-27/h11-13,15,20,23H,3-10,14,16-17H2,1-2H3,(H,29,30,33)/t20?,23-,26+/m1/s1. The quantitative estimate of drug-likeness (QED) is 0.653. The lowest BCUT2D eigenvalue weighted by molar-refractivity contribution is -0.118. The lowest BCUT2D eigenvalue weighted by atomic mass is 9.93. The van der Waals surface area contributed by atoms with Crippen molar-refractivity contribution in [1.82, 2.24) is 9.88 Å². The van der Waals surface area contributed by atoms with Crippen LogP contribution in [0.25, 0.3) is 10.8 Å². The van der Waals surface area contributed by atoms with Gasteiger partial charge in [0, 0.05) is 64.0 Å². The number of aromatic nitrogens is 1. The Morgan fingerprint density at radius 1 is 1.14 bits per heavy atom. The van der Waals surface area contributed by atoms with Crippen LogP contribution in [0, 0.1) is 11.3 Å². The van der Waals surface area contributed by atoms with Crippen LogP contribution >= 0.6 is 11.6 Å². The summed E-state index contributed by atoms with van der Waals surface area (Å²) in [5, 5.41) is 5.77. The third-order valence-electron chi connectivity index (χ3n) is 9.02. The van der Waals surface area contributed by atoms with Crippen molar-refractivity contribution in [1.29, 1.82) is 0 Å². The van der Waals surface area contributed by atoms with Crippen molar-refractivity contribution < 1.29 is 19.0 Å². The Bertz CT molecular complexity index is 1150. The normalized spacial score (nSPS) is 30.1. The highest BCUT2D eigenvalue weighted by molar-refractivity contribution is 6.34. The number of hydrogen-bond donors (Lipinski definition) is 1. The van der Waals surface area contributed by atoms with Crippen LogP contribution in [0.1, 0.15) is 26.2 Å². The molecule has 1 N–H and O–H groups in total. The topological polar surface area (TPSA) is 76.2 Å². The number of carbonyl (C=O) groups is 1. The van der Waals surface area contributed by atoms with E-state index in [1.54, 1.807) is 13.3 Å². The van der Waals surface area contributed by atoms with Crippen molar-refractivity contribution in [2.45, 2.75) is 37.8 Å². The minimum Gasteiger partial charge on any atom is -0.381 e. The van der Waals surface area contributed by atoms with Crippen LogP contribution in [0.2, 0.25) is 5.02 Å². The fourth-order valence-corrected chi connectivity index (χ4v) is 6.74. The Balaban J connectivity index is 1.15. The molecule has 1 aromatic carbocycles. The molecular formula is C27H35ClN4O4. The Labute approximate surface area is 217 Å². The first-order chi connectivity index (χ1) is 17.4. The highest BCUT2D eigenvalue weighted by Crippen LogP contribution is 2.59. The highest BCUT2D eigenvalue weighted by Gasteiger charge is 2.58. The summed E-state index contributed by atoms with van der Waals surface area (Å²) in [4.78, 5) is 22.2. The minimum absolute atomic E-state index is 0.0702. The summed E-state index contributed by atoms with van der Waals surface area (Å²) in [6, 6.07) is 6.06. The molecule has 9 heteroatoms. The first kappa shape index (κ1) is 24.4. The maximum absolute atomic E-state index is 12.9. The Kier molecular flexibility index (Phi) is 6.37. The van der Waals surface area contributed by atoms with Crippen molar-refractivity contribution in [2.24, 2.45) is 11.3 Å².